The van der Waals surface area contributed by atoms with Gasteiger partial charge in [-0.1, -0.05) is 97.8 Å². The van der Waals surface area contributed by atoms with E-state index in [0.717, 1.165) is 12.8 Å². The molecule has 0 aliphatic heterocycles. The van der Waals surface area contributed by atoms with E-state index in [2.05, 4.69) is 25.5 Å². The molecule has 0 atom stereocenters. The number of ether oxygens (including phenoxy) is 1. The number of rotatable bonds is 13. The summed E-state index contributed by atoms with van der Waals surface area (Å²) in [5.41, 5.74) is 4.87. The van der Waals surface area contributed by atoms with Gasteiger partial charge >= 0.3 is 6.09 Å². The van der Waals surface area contributed by atoms with Crippen molar-refractivity contribution in [2.24, 2.45) is 5.73 Å². The van der Waals surface area contributed by atoms with E-state index >= 15 is 0 Å². The molecule has 0 aromatic carbocycles. The molecule has 0 aliphatic carbocycles. The van der Waals surface area contributed by atoms with Crippen LogP contribution in [-0.4, -0.2) is 12.7 Å². The van der Waals surface area contributed by atoms with E-state index in [1.807, 2.05) is 0 Å². The van der Waals surface area contributed by atoms with Gasteiger partial charge in [0.15, 0.2) is 0 Å². The Labute approximate surface area is 139 Å². The number of nitrogens with two attached hydrogens (primary N) is 1. The van der Waals surface area contributed by atoms with Gasteiger partial charge in [-0.05, 0) is 6.42 Å². The van der Waals surface area contributed by atoms with Crippen molar-refractivity contribution >= 4 is 6.09 Å². The average molecular weight is 319 g/mol. The summed E-state index contributed by atoms with van der Waals surface area (Å²) in [4.78, 5) is 10.3. The Balaban J connectivity index is -0.000000827. The minimum Gasteiger partial charge on any atom is -0.450 e. The predicted octanol–water partition coefficient (Wildman–Crippen LogP) is 6.36. The molecule has 0 unspecified atom stereocenters. The minimum atomic E-state index is -0.655. The van der Waals surface area contributed by atoms with Crippen LogP contribution in [0.2, 0.25) is 0 Å². The maximum Gasteiger partial charge on any atom is 0.404 e. The van der Waals surface area contributed by atoms with Crippen LogP contribution in [0.4, 0.5) is 4.79 Å². The predicted molar refractivity (Wildman–Crippen MR) is 97.6 cm³/mol. The van der Waals surface area contributed by atoms with Crippen molar-refractivity contribution in [2.75, 3.05) is 6.61 Å². The molecule has 0 radical (unpaired) electrons. The number of hydrogen-bond acceptors (Lipinski definition) is 3. The highest BCUT2D eigenvalue weighted by Crippen LogP contribution is 2.11. The largest absolute Gasteiger partial charge is 0.450 e. The highest BCUT2D eigenvalue weighted by atomic mass is 16.5. The Hall–Kier alpha value is -0.770. The SMILES string of the molecule is CCC.CCCCCCCCCCCCCCOC(N)=O.N. The summed E-state index contributed by atoms with van der Waals surface area (Å²) < 4.78 is 4.67. The van der Waals surface area contributed by atoms with Gasteiger partial charge in [-0.2, -0.15) is 0 Å². The van der Waals surface area contributed by atoms with Crippen molar-refractivity contribution in [1.29, 1.82) is 0 Å². The van der Waals surface area contributed by atoms with Gasteiger partial charge in [0.25, 0.3) is 0 Å². The van der Waals surface area contributed by atoms with Crippen LogP contribution in [-0.2, 0) is 4.74 Å². The van der Waals surface area contributed by atoms with Crippen LogP contribution in [0, 0.1) is 0 Å². The number of carbonyl (C=O) groups excluding carboxylic acids is 1. The molecular weight excluding hydrogens is 276 g/mol. The number of carbonyl (C=O) groups is 1. The summed E-state index contributed by atoms with van der Waals surface area (Å²) in [7, 11) is 0. The summed E-state index contributed by atoms with van der Waals surface area (Å²) in [5.74, 6) is 0. The van der Waals surface area contributed by atoms with Gasteiger partial charge in [-0.25, -0.2) is 4.79 Å². The number of primary amides is 1. The zero-order chi connectivity index (χ0) is 16.2. The molecule has 0 spiro atoms. The van der Waals surface area contributed by atoms with Gasteiger partial charge in [0.05, 0.1) is 6.61 Å². The normalized spacial score (nSPS) is 9.41. The lowest BCUT2D eigenvalue weighted by molar-refractivity contribution is 0.154. The van der Waals surface area contributed by atoms with Crippen LogP contribution in [0.25, 0.3) is 0 Å². The van der Waals surface area contributed by atoms with E-state index in [1.54, 1.807) is 0 Å². The smallest absolute Gasteiger partial charge is 0.404 e. The second-order valence-corrected chi connectivity index (χ2v) is 5.76. The Bertz CT molecular complexity index is 200. The average Bonchev–Trinajstić information content (AvgIpc) is 2.44. The molecule has 0 aromatic rings. The molecule has 0 bridgehead atoms. The summed E-state index contributed by atoms with van der Waals surface area (Å²) in [6.07, 6.45) is 16.3. The zero-order valence-electron chi connectivity index (χ0n) is 15.5. The fourth-order valence-electron chi connectivity index (χ4n) is 2.12. The van der Waals surface area contributed by atoms with Gasteiger partial charge in [0.2, 0.25) is 0 Å². The van der Waals surface area contributed by atoms with E-state index < -0.39 is 6.09 Å². The molecule has 0 saturated heterocycles. The van der Waals surface area contributed by atoms with Gasteiger partial charge in [-0.15, -0.1) is 0 Å². The molecule has 0 aromatic heterocycles. The maximum atomic E-state index is 10.3. The Kier molecular flexibility index (Phi) is 29.9. The Morgan fingerprint density at radius 3 is 1.36 bits per heavy atom. The van der Waals surface area contributed by atoms with Crippen molar-refractivity contribution in [2.45, 2.75) is 104 Å². The lowest BCUT2D eigenvalue weighted by atomic mass is 10.1. The van der Waals surface area contributed by atoms with Crippen LogP contribution < -0.4 is 11.9 Å². The van der Waals surface area contributed by atoms with Crippen molar-refractivity contribution in [3.8, 4) is 0 Å². The Morgan fingerprint density at radius 1 is 0.727 bits per heavy atom. The van der Waals surface area contributed by atoms with E-state index in [1.165, 1.54) is 70.6 Å². The molecule has 0 fully saturated rings. The molecule has 1 amide bonds. The van der Waals surface area contributed by atoms with Crippen molar-refractivity contribution < 1.29 is 9.53 Å². The second-order valence-electron chi connectivity index (χ2n) is 5.76. The summed E-state index contributed by atoms with van der Waals surface area (Å²) in [6, 6.07) is 0. The molecule has 0 heterocycles. The molecule has 22 heavy (non-hydrogen) atoms. The van der Waals surface area contributed by atoms with E-state index in [0.29, 0.717) is 6.61 Å². The van der Waals surface area contributed by atoms with Gasteiger partial charge < -0.3 is 16.6 Å². The fourth-order valence-corrected chi connectivity index (χ4v) is 2.12. The van der Waals surface area contributed by atoms with Crippen molar-refractivity contribution in [3.05, 3.63) is 0 Å². The third kappa shape index (κ3) is 31.6. The third-order valence-corrected chi connectivity index (χ3v) is 3.24. The lowest BCUT2D eigenvalue weighted by Crippen LogP contribution is -2.13. The molecule has 5 N–H and O–H groups in total. The summed E-state index contributed by atoms with van der Waals surface area (Å²) >= 11 is 0. The van der Waals surface area contributed by atoms with E-state index in [9.17, 15) is 4.79 Å². The highest BCUT2D eigenvalue weighted by Gasteiger charge is 1.95. The van der Waals surface area contributed by atoms with Crippen molar-refractivity contribution in [3.63, 3.8) is 0 Å². The minimum absolute atomic E-state index is 0. The highest BCUT2D eigenvalue weighted by molar-refractivity contribution is 5.64. The molecule has 0 rings (SSSR count). The Morgan fingerprint density at radius 2 is 1.05 bits per heavy atom. The summed E-state index contributed by atoms with van der Waals surface area (Å²) in [6.45, 7) is 6.99. The number of unbranched alkanes of at least 4 members (excludes halogenated alkanes) is 11. The van der Waals surface area contributed by atoms with E-state index in [-0.39, 0.29) is 6.15 Å². The molecular formula is C18H42N2O2. The van der Waals surface area contributed by atoms with Crippen LogP contribution >= 0.6 is 0 Å². The lowest BCUT2D eigenvalue weighted by Gasteiger charge is -2.03. The quantitative estimate of drug-likeness (QED) is 0.387. The second kappa shape index (κ2) is 25.2. The van der Waals surface area contributed by atoms with Crippen LogP contribution in [0.3, 0.4) is 0 Å². The van der Waals surface area contributed by atoms with Gasteiger partial charge in [0, 0.05) is 0 Å². The topological polar surface area (TPSA) is 87.3 Å². The number of hydrogen-bond donors (Lipinski definition) is 2. The maximum absolute atomic E-state index is 10.3. The first-order chi connectivity index (χ1) is 10.2. The molecule has 0 saturated carbocycles. The standard InChI is InChI=1S/C15H31NO2.C3H8.H3N/c1-2-3-4-5-6-7-8-9-10-11-12-13-14-18-15(16)17;1-3-2;/h2-14H2,1H3,(H2,16,17);3H2,1-2H3;1H3. The van der Waals surface area contributed by atoms with E-state index in [4.69, 9.17) is 5.73 Å². The summed E-state index contributed by atoms with van der Waals surface area (Å²) in [5, 5.41) is 0. The van der Waals surface area contributed by atoms with Gasteiger partial charge in [-0.3, -0.25) is 0 Å². The molecule has 4 nitrogen and oxygen atoms in total. The zero-order valence-corrected chi connectivity index (χ0v) is 15.5. The fraction of sp³-hybridized carbons (Fsp3) is 0.944. The molecule has 136 valence electrons. The van der Waals surface area contributed by atoms with Crippen LogP contribution in [0.15, 0.2) is 0 Å². The van der Waals surface area contributed by atoms with Crippen molar-refractivity contribution in [1.82, 2.24) is 6.15 Å². The van der Waals surface area contributed by atoms with Gasteiger partial charge in [0.1, 0.15) is 0 Å². The van der Waals surface area contributed by atoms with Crippen LogP contribution in [0.5, 0.6) is 0 Å². The first-order valence-electron chi connectivity index (χ1n) is 9.11. The third-order valence-electron chi connectivity index (χ3n) is 3.24. The molecule has 4 heteroatoms. The first-order valence-corrected chi connectivity index (χ1v) is 9.11. The molecule has 0 aliphatic rings. The first kappa shape index (κ1) is 26.1. The monoisotopic (exact) mass is 318 g/mol. The number of amides is 1. The van der Waals surface area contributed by atoms with Crippen LogP contribution in [0.1, 0.15) is 104 Å².